The van der Waals surface area contributed by atoms with Gasteiger partial charge < -0.3 is 42.6 Å². The van der Waals surface area contributed by atoms with Gasteiger partial charge in [0.25, 0.3) is 0 Å². The molecule has 298 valence electrons. The van der Waals surface area contributed by atoms with Crippen molar-refractivity contribution in [2.24, 2.45) is 17.3 Å². The maximum Gasteiger partial charge on any atom is 0.330 e. The molecule has 1 fully saturated rings. The predicted molar refractivity (Wildman–Crippen MR) is 186 cm³/mol. The van der Waals surface area contributed by atoms with Crippen LogP contribution in [0.5, 0.6) is 0 Å². The molecule has 15 nitrogen and oxygen atoms in total. The van der Waals surface area contributed by atoms with Crippen LogP contribution in [0.25, 0.3) is 0 Å². The van der Waals surface area contributed by atoms with E-state index in [1.807, 2.05) is 6.92 Å². The second-order valence-corrected chi connectivity index (χ2v) is 12.7. The maximum atomic E-state index is 12.5. The third-order valence-corrected chi connectivity index (χ3v) is 8.87. The van der Waals surface area contributed by atoms with Gasteiger partial charge in [-0.3, -0.25) is 24.0 Å². The van der Waals surface area contributed by atoms with E-state index in [1.54, 1.807) is 6.92 Å². The largest absolute Gasteiger partial charge is 0.465 e. The highest BCUT2D eigenvalue weighted by atomic mass is 16.6. The van der Waals surface area contributed by atoms with Crippen LogP contribution in [0.2, 0.25) is 0 Å². The molecule has 0 spiro atoms. The molecule has 15 heteroatoms. The highest BCUT2D eigenvalue weighted by molar-refractivity contribution is 6.03. The fourth-order valence-electron chi connectivity index (χ4n) is 5.63. The summed E-state index contributed by atoms with van der Waals surface area (Å²) in [5, 5.41) is 0. The molecule has 0 aromatic carbocycles. The average molecular weight is 745 g/mol. The average Bonchev–Trinajstić information content (AvgIpc) is 3.13. The predicted octanol–water partition coefficient (Wildman–Crippen LogP) is 3.71. The minimum Gasteiger partial charge on any atom is -0.465 e. The first-order valence-corrected chi connectivity index (χ1v) is 18.1. The molecule has 0 heterocycles. The van der Waals surface area contributed by atoms with Gasteiger partial charge in [-0.05, 0) is 64.2 Å². The van der Waals surface area contributed by atoms with Crippen LogP contribution in [0.1, 0.15) is 85.0 Å². The molecular weight excluding hydrogens is 684 g/mol. The number of esters is 5. The Hall–Kier alpha value is -3.40. The van der Waals surface area contributed by atoms with Crippen molar-refractivity contribution in [2.45, 2.75) is 97.2 Å². The normalized spacial score (nSPS) is 17.9. The van der Waals surface area contributed by atoms with Crippen molar-refractivity contribution in [3.05, 3.63) is 12.7 Å². The highest BCUT2D eigenvalue weighted by Gasteiger charge is 2.44. The summed E-state index contributed by atoms with van der Waals surface area (Å²) < 4.78 is 47.9. The molecule has 0 aliphatic heterocycles. The highest BCUT2D eigenvalue weighted by Crippen LogP contribution is 2.33. The van der Waals surface area contributed by atoms with Gasteiger partial charge in [0.1, 0.15) is 49.8 Å². The molecule has 0 aromatic heterocycles. The van der Waals surface area contributed by atoms with Gasteiger partial charge in [0.15, 0.2) is 0 Å². The van der Waals surface area contributed by atoms with Crippen LogP contribution in [0, 0.1) is 17.3 Å². The number of carbonyl (C=O) groups is 6. The fourth-order valence-corrected chi connectivity index (χ4v) is 5.63. The maximum absolute atomic E-state index is 12.5. The summed E-state index contributed by atoms with van der Waals surface area (Å²) in [7, 11) is 3.03. The number of ether oxygens (including phenoxy) is 9. The fraction of sp³-hybridized carbons (Fsp3) is 0.784. The van der Waals surface area contributed by atoms with Crippen LogP contribution in [0.4, 0.5) is 0 Å². The van der Waals surface area contributed by atoms with E-state index in [1.165, 1.54) is 21.1 Å². The first-order valence-electron chi connectivity index (χ1n) is 18.1. The van der Waals surface area contributed by atoms with Gasteiger partial charge in [0, 0.05) is 39.9 Å². The molecule has 52 heavy (non-hydrogen) atoms. The van der Waals surface area contributed by atoms with Crippen molar-refractivity contribution < 1.29 is 71.4 Å². The van der Waals surface area contributed by atoms with E-state index in [9.17, 15) is 28.8 Å². The molecule has 0 saturated heterocycles. The lowest BCUT2D eigenvalue weighted by Crippen LogP contribution is -2.40. The lowest BCUT2D eigenvalue weighted by Gasteiger charge is -2.29. The van der Waals surface area contributed by atoms with Gasteiger partial charge in [0.05, 0.1) is 32.7 Å². The Morgan fingerprint density at radius 3 is 1.58 bits per heavy atom. The van der Waals surface area contributed by atoms with Gasteiger partial charge in [-0.2, -0.15) is 0 Å². The summed E-state index contributed by atoms with van der Waals surface area (Å²) >= 11 is 0. The van der Waals surface area contributed by atoms with Crippen molar-refractivity contribution in [2.75, 3.05) is 73.7 Å². The van der Waals surface area contributed by atoms with E-state index in [4.69, 9.17) is 42.6 Å². The second kappa shape index (κ2) is 27.2. The molecule has 3 unspecified atom stereocenters. The molecular formula is C37H60O15. The van der Waals surface area contributed by atoms with E-state index < -0.39 is 47.5 Å². The monoisotopic (exact) mass is 744 g/mol. The zero-order valence-corrected chi connectivity index (χ0v) is 31.7. The quantitative estimate of drug-likeness (QED) is 0.0467. The van der Waals surface area contributed by atoms with Crippen molar-refractivity contribution in [3.63, 3.8) is 0 Å². The molecule has 0 N–H and O–H groups in total. The standard InChI is InChI=1S/C37H60O15/c1-7-17-37(27(4)38,36(43)48-9-3)18-14-33(40)50-20-16-35(42)52-26-31(45-6)24-47-22-29-12-10-28(11-13-29)21-46-23-30(44-5)25-51-34(41)15-19-49-32(39)8-2/h8,28-31H,2,7,9-26H2,1,3-6H3. The van der Waals surface area contributed by atoms with E-state index in [-0.39, 0.29) is 84.1 Å². The molecule has 1 saturated carbocycles. The topological polar surface area (TPSA) is 185 Å². The summed E-state index contributed by atoms with van der Waals surface area (Å²) in [4.78, 5) is 72.3. The van der Waals surface area contributed by atoms with Crippen molar-refractivity contribution in [1.29, 1.82) is 0 Å². The lowest BCUT2D eigenvalue weighted by molar-refractivity contribution is -0.161. The third-order valence-electron chi connectivity index (χ3n) is 8.87. The van der Waals surface area contributed by atoms with E-state index in [0.717, 1.165) is 31.8 Å². The number of methoxy groups -OCH3 is 2. The SMILES string of the molecule is C=CC(=O)OCCC(=O)OCC(COCC1CCC(COCC(COC(=O)CCOC(=O)CCC(CCC)(C(C)=O)C(=O)OCC)OC)CC1)OC. The van der Waals surface area contributed by atoms with E-state index in [2.05, 4.69) is 6.58 Å². The van der Waals surface area contributed by atoms with Gasteiger partial charge in [-0.1, -0.05) is 19.9 Å². The van der Waals surface area contributed by atoms with E-state index in [0.29, 0.717) is 31.5 Å². The minimum absolute atomic E-state index is 0.0160. The first-order chi connectivity index (χ1) is 24.9. The van der Waals surface area contributed by atoms with Crippen molar-refractivity contribution >= 4 is 35.6 Å². The lowest BCUT2D eigenvalue weighted by atomic mass is 9.76. The van der Waals surface area contributed by atoms with Crippen molar-refractivity contribution in [1.82, 2.24) is 0 Å². The Balaban J connectivity index is 2.23. The second-order valence-electron chi connectivity index (χ2n) is 12.7. The number of carbonyl (C=O) groups excluding carboxylic acids is 6. The van der Waals surface area contributed by atoms with Crippen LogP contribution in [-0.2, 0) is 71.4 Å². The third kappa shape index (κ3) is 18.9. The van der Waals surface area contributed by atoms with Crippen LogP contribution in [-0.4, -0.2) is 122 Å². The molecule has 0 radical (unpaired) electrons. The Labute approximate surface area is 307 Å². The summed E-state index contributed by atoms with van der Waals surface area (Å²) in [5.41, 5.74) is -1.39. The van der Waals surface area contributed by atoms with E-state index >= 15 is 0 Å². The molecule has 3 atom stereocenters. The van der Waals surface area contributed by atoms with Gasteiger partial charge in [-0.15, -0.1) is 0 Å². The molecule has 0 amide bonds. The number of rotatable bonds is 29. The smallest absolute Gasteiger partial charge is 0.330 e. The Morgan fingerprint density at radius 1 is 0.673 bits per heavy atom. The molecule has 1 aliphatic rings. The summed E-state index contributed by atoms with van der Waals surface area (Å²) in [6, 6.07) is 0. The Kier molecular flexibility index (Phi) is 24.4. The van der Waals surface area contributed by atoms with Gasteiger partial charge in [-0.25, -0.2) is 4.79 Å². The van der Waals surface area contributed by atoms with Crippen LogP contribution in [0.15, 0.2) is 12.7 Å². The van der Waals surface area contributed by atoms with Crippen molar-refractivity contribution in [3.8, 4) is 0 Å². The molecule has 1 aliphatic carbocycles. The molecule has 0 aromatic rings. The number of ketones is 1. The molecule has 0 bridgehead atoms. The minimum atomic E-state index is -1.39. The molecule has 1 rings (SSSR count). The van der Waals surface area contributed by atoms with Gasteiger partial charge >= 0.3 is 29.8 Å². The summed E-state index contributed by atoms with van der Waals surface area (Å²) in [6.45, 7) is 9.65. The summed E-state index contributed by atoms with van der Waals surface area (Å²) in [6.07, 6.45) is 4.53. The number of Topliss-reactive ketones (excluding diaryl/α,β-unsaturated/α-hetero) is 1. The number of hydrogen-bond donors (Lipinski definition) is 0. The van der Waals surface area contributed by atoms with Crippen LogP contribution < -0.4 is 0 Å². The zero-order chi connectivity index (χ0) is 38.8. The summed E-state index contributed by atoms with van der Waals surface area (Å²) in [5.74, 6) is -2.47. The number of hydrogen-bond acceptors (Lipinski definition) is 15. The van der Waals surface area contributed by atoms with Crippen LogP contribution in [0.3, 0.4) is 0 Å². The van der Waals surface area contributed by atoms with Gasteiger partial charge in [0.2, 0.25) is 0 Å². The zero-order valence-electron chi connectivity index (χ0n) is 31.7. The Morgan fingerprint density at radius 2 is 1.15 bits per heavy atom. The van der Waals surface area contributed by atoms with Crippen LogP contribution >= 0.6 is 0 Å². The first kappa shape index (κ1) is 46.6. The Bertz CT molecular complexity index is 1100.